The van der Waals surface area contributed by atoms with Crippen molar-refractivity contribution in [3.05, 3.63) is 41.3 Å². The summed E-state index contributed by atoms with van der Waals surface area (Å²) in [5, 5.41) is 3.10. The molecule has 1 aliphatic heterocycles. The molecule has 0 saturated carbocycles. The predicted molar refractivity (Wildman–Crippen MR) is 73.7 cm³/mol. The van der Waals surface area contributed by atoms with E-state index in [1.165, 1.54) is 6.08 Å². The molecule has 1 atom stereocenters. The van der Waals surface area contributed by atoms with E-state index in [4.69, 9.17) is 0 Å². The smallest absolute Gasteiger partial charge is 0.244 e. The Kier molecular flexibility index (Phi) is 4.31. The zero-order valence-corrected chi connectivity index (χ0v) is 11.4. The second-order valence-corrected chi connectivity index (χ2v) is 5.98. The highest BCUT2D eigenvalue weighted by Gasteiger charge is 2.29. The van der Waals surface area contributed by atoms with Gasteiger partial charge in [-0.15, -0.1) is 0 Å². The van der Waals surface area contributed by atoms with Crippen molar-refractivity contribution < 1.29 is 18.0 Å². The Bertz CT molecular complexity index is 638. The topological polar surface area (TPSA) is 92.3 Å². The molecule has 1 heterocycles. The average Bonchev–Trinajstić information content (AvgIpc) is 2.41. The number of nitrogens with one attached hydrogen (secondary N) is 2. The van der Waals surface area contributed by atoms with Crippen molar-refractivity contribution >= 4 is 27.9 Å². The zero-order chi connectivity index (χ0) is 14.6. The number of hydrogen-bond donors (Lipinski definition) is 2. The number of benzene rings is 1. The summed E-state index contributed by atoms with van der Waals surface area (Å²) in [4.78, 5) is 22.4. The molecule has 1 fully saturated rings. The molecule has 20 heavy (non-hydrogen) atoms. The van der Waals surface area contributed by atoms with E-state index in [9.17, 15) is 18.0 Å². The van der Waals surface area contributed by atoms with E-state index < -0.39 is 22.0 Å². The Balaban J connectivity index is 2.03. The number of amides is 2. The summed E-state index contributed by atoms with van der Waals surface area (Å²) < 4.78 is 25.9. The highest BCUT2D eigenvalue weighted by Crippen LogP contribution is 2.08. The number of carbonyl (C=O) groups excluding carboxylic acids is 2. The van der Waals surface area contributed by atoms with Crippen molar-refractivity contribution in [2.24, 2.45) is 0 Å². The van der Waals surface area contributed by atoms with Gasteiger partial charge in [0, 0.05) is 11.8 Å². The Hall–Kier alpha value is -1.99. The first-order valence-corrected chi connectivity index (χ1v) is 7.60. The van der Waals surface area contributed by atoms with Gasteiger partial charge in [0.05, 0.1) is 0 Å². The minimum atomic E-state index is -3.73. The summed E-state index contributed by atoms with van der Waals surface area (Å²) in [6.45, 7) is 0. The van der Waals surface area contributed by atoms with Crippen molar-refractivity contribution in [2.75, 3.05) is 0 Å². The lowest BCUT2D eigenvalue weighted by molar-refractivity contribution is -0.134. The van der Waals surface area contributed by atoms with Gasteiger partial charge >= 0.3 is 0 Å². The fourth-order valence-corrected chi connectivity index (χ4v) is 2.81. The Labute approximate surface area is 116 Å². The van der Waals surface area contributed by atoms with Crippen LogP contribution in [0.25, 0.3) is 6.08 Å². The molecule has 0 radical (unpaired) electrons. The number of rotatable bonds is 4. The number of sulfonamides is 1. The molecule has 0 aliphatic carbocycles. The third-order valence-corrected chi connectivity index (χ3v) is 3.89. The molecule has 1 unspecified atom stereocenters. The third kappa shape index (κ3) is 4.01. The standard InChI is InChI=1S/C13H14N2O4S/c16-12-7-6-11(13(17)14-12)15-20(18,19)9-8-10-4-2-1-3-5-10/h1-5,8-9,11,15H,6-7H2,(H,14,16,17). The van der Waals surface area contributed by atoms with Crippen molar-refractivity contribution in [1.29, 1.82) is 0 Å². The largest absolute Gasteiger partial charge is 0.295 e. The predicted octanol–water partition coefficient (Wildman–Crippen LogP) is 0.382. The van der Waals surface area contributed by atoms with Gasteiger partial charge in [0.25, 0.3) is 0 Å². The molecule has 1 saturated heterocycles. The molecule has 6 nitrogen and oxygen atoms in total. The molecular weight excluding hydrogens is 280 g/mol. The number of carbonyl (C=O) groups is 2. The number of imide groups is 1. The van der Waals surface area contributed by atoms with E-state index in [-0.39, 0.29) is 18.7 Å². The van der Waals surface area contributed by atoms with Gasteiger partial charge in [-0.3, -0.25) is 14.9 Å². The maximum atomic E-state index is 11.8. The van der Waals surface area contributed by atoms with Gasteiger partial charge in [-0.05, 0) is 18.1 Å². The van der Waals surface area contributed by atoms with Crippen LogP contribution in [0.2, 0.25) is 0 Å². The summed E-state index contributed by atoms with van der Waals surface area (Å²) in [5.41, 5.74) is 0.737. The Morgan fingerprint density at radius 1 is 1.20 bits per heavy atom. The van der Waals surface area contributed by atoms with E-state index in [1.807, 2.05) is 6.07 Å². The van der Waals surface area contributed by atoms with E-state index in [0.29, 0.717) is 0 Å². The zero-order valence-electron chi connectivity index (χ0n) is 10.6. The molecular formula is C13H14N2O4S. The van der Waals surface area contributed by atoms with E-state index in [1.54, 1.807) is 24.3 Å². The molecule has 1 aliphatic rings. The fraction of sp³-hybridized carbons (Fsp3) is 0.231. The second-order valence-electron chi connectivity index (χ2n) is 4.38. The van der Waals surface area contributed by atoms with Gasteiger partial charge in [0.1, 0.15) is 6.04 Å². The van der Waals surface area contributed by atoms with Crippen molar-refractivity contribution in [2.45, 2.75) is 18.9 Å². The second kappa shape index (κ2) is 5.98. The van der Waals surface area contributed by atoms with Crippen LogP contribution in [-0.2, 0) is 19.6 Å². The van der Waals surface area contributed by atoms with Crippen LogP contribution in [0.3, 0.4) is 0 Å². The number of piperidine rings is 1. The fourth-order valence-electron chi connectivity index (χ4n) is 1.78. The first-order chi connectivity index (χ1) is 9.46. The van der Waals surface area contributed by atoms with Crippen LogP contribution in [0.15, 0.2) is 35.7 Å². The molecule has 106 valence electrons. The summed E-state index contributed by atoms with van der Waals surface area (Å²) in [5.74, 6) is -0.997. The van der Waals surface area contributed by atoms with Crippen molar-refractivity contribution in [3.63, 3.8) is 0 Å². The monoisotopic (exact) mass is 294 g/mol. The Morgan fingerprint density at radius 2 is 1.90 bits per heavy atom. The Morgan fingerprint density at radius 3 is 2.55 bits per heavy atom. The molecule has 0 spiro atoms. The van der Waals surface area contributed by atoms with Gasteiger partial charge in [0.2, 0.25) is 21.8 Å². The van der Waals surface area contributed by atoms with Crippen molar-refractivity contribution in [3.8, 4) is 0 Å². The molecule has 2 rings (SSSR count). The maximum Gasteiger partial charge on any atom is 0.244 e. The molecule has 0 bridgehead atoms. The minimum Gasteiger partial charge on any atom is -0.295 e. The van der Waals surface area contributed by atoms with Crippen LogP contribution in [-0.4, -0.2) is 26.3 Å². The van der Waals surface area contributed by atoms with Gasteiger partial charge in [-0.2, -0.15) is 4.72 Å². The summed E-state index contributed by atoms with van der Waals surface area (Å²) in [7, 11) is -3.73. The van der Waals surface area contributed by atoms with E-state index in [2.05, 4.69) is 10.0 Å². The normalized spacial score (nSPS) is 20.1. The van der Waals surface area contributed by atoms with Crippen LogP contribution < -0.4 is 10.0 Å². The third-order valence-electron chi connectivity index (χ3n) is 2.78. The minimum absolute atomic E-state index is 0.126. The van der Waals surface area contributed by atoms with Gasteiger partial charge < -0.3 is 0 Å². The first-order valence-electron chi connectivity index (χ1n) is 6.05. The maximum absolute atomic E-state index is 11.8. The molecule has 2 amide bonds. The molecule has 1 aromatic rings. The van der Waals surface area contributed by atoms with Crippen molar-refractivity contribution in [1.82, 2.24) is 10.0 Å². The average molecular weight is 294 g/mol. The van der Waals surface area contributed by atoms with Gasteiger partial charge in [-0.25, -0.2) is 8.42 Å². The van der Waals surface area contributed by atoms with Crippen LogP contribution in [0.1, 0.15) is 18.4 Å². The summed E-state index contributed by atoms with van der Waals surface area (Å²) in [6, 6.07) is 8.03. The van der Waals surface area contributed by atoms with E-state index >= 15 is 0 Å². The van der Waals surface area contributed by atoms with Crippen LogP contribution in [0.4, 0.5) is 0 Å². The number of hydrogen-bond acceptors (Lipinski definition) is 4. The molecule has 0 aromatic heterocycles. The first kappa shape index (κ1) is 14.4. The van der Waals surface area contributed by atoms with Crippen LogP contribution in [0.5, 0.6) is 0 Å². The lowest BCUT2D eigenvalue weighted by Crippen LogP contribution is -2.51. The lowest BCUT2D eigenvalue weighted by Gasteiger charge is -2.20. The quantitative estimate of drug-likeness (QED) is 0.785. The van der Waals surface area contributed by atoms with Gasteiger partial charge in [-0.1, -0.05) is 30.3 Å². The van der Waals surface area contributed by atoms with E-state index in [0.717, 1.165) is 11.0 Å². The van der Waals surface area contributed by atoms with Gasteiger partial charge in [0.15, 0.2) is 0 Å². The van der Waals surface area contributed by atoms with Crippen LogP contribution in [0, 0.1) is 0 Å². The molecule has 2 N–H and O–H groups in total. The van der Waals surface area contributed by atoms with Crippen LogP contribution >= 0.6 is 0 Å². The highest BCUT2D eigenvalue weighted by molar-refractivity contribution is 7.92. The summed E-state index contributed by atoms with van der Waals surface area (Å²) in [6.07, 6.45) is 1.73. The highest BCUT2D eigenvalue weighted by atomic mass is 32.2. The summed E-state index contributed by atoms with van der Waals surface area (Å²) >= 11 is 0. The SMILES string of the molecule is O=C1CCC(NS(=O)(=O)C=Cc2ccccc2)C(=O)N1. The molecule has 1 aromatic carbocycles. The lowest BCUT2D eigenvalue weighted by atomic mass is 10.1. The molecule has 7 heteroatoms.